The first kappa shape index (κ1) is 17.1. The molecule has 0 aromatic carbocycles. The molecule has 0 saturated heterocycles. The number of methoxy groups -OCH3 is 1. The summed E-state index contributed by atoms with van der Waals surface area (Å²) >= 11 is 1.55. The second-order valence-corrected chi connectivity index (χ2v) is 5.13. The largest absolute Gasteiger partial charge is 0.481 e. The lowest BCUT2D eigenvalue weighted by Gasteiger charge is -2.22. The van der Waals surface area contributed by atoms with Crippen LogP contribution in [0.5, 0.6) is 0 Å². The van der Waals surface area contributed by atoms with Crippen LogP contribution in [0.15, 0.2) is 0 Å². The maximum Gasteiger partial charge on any atom is 0.304 e. The normalized spacial score (nSPS) is 10.5. The van der Waals surface area contributed by atoms with Crippen molar-refractivity contribution in [1.29, 1.82) is 0 Å². The molecular weight excluding hydrogens is 214 g/mol. The summed E-state index contributed by atoms with van der Waals surface area (Å²) in [5.74, 6) is 0.00403. The van der Waals surface area contributed by atoms with Crippen LogP contribution in [-0.4, -0.2) is 69.0 Å². The van der Waals surface area contributed by atoms with Gasteiger partial charge in [-0.2, -0.15) is 11.8 Å². The Bertz CT molecular complexity index is 157. The average molecular weight is 238 g/mol. The predicted molar refractivity (Wildman–Crippen MR) is 65.4 cm³/mol. The van der Waals surface area contributed by atoms with Crippen LogP contribution in [-0.2, 0) is 9.53 Å². The van der Waals surface area contributed by atoms with Gasteiger partial charge in [-0.15, -0.1) is 0 Å². The number of hydrogen-bond donors (Lipinski definition) is 1. The highest BCUT2D eigenvalue weighted by molar-refractivity contribution is 7.98. The minimum absolute atomic E-state index is 0.279. The van der Waals surface area contributed by atoms with E-state index in [1.54, 1.807) is 18.9 Å². The third-order valence-electron chi connectivity index (χ3n) is 1.49. The van der Waals surface area contributed by atoms with E-state index in [1.165, 1.54) is 0 Å². The van der Waals surface area contributed by atoms with Crippen molar-refractivity contribution in [1.82, 2.24) is 0 Å². The first-order chi connectivity index (χ1) is 6.83. The van der Waals surface area contributed by atoms with Crippen molar-refractivity contribution < 1.29 is 19.1 Å². The molecule has 0 heterocycles. The number of hydrogen-bond acceptors (Lipinski definition) is 3. The van der Waals surface area contributed by atoms with Gasteiger partial charge in [-0.3, -0.25) is 4.79 Å². The Kier molecular flexibility index (Phi) is 11.7. The number of quaternary nitrogens is 1. The van der Waals surface area contributed by atoms with Crippen LogP contribution in [0.2, 0.25) is 0 Å². The molecule has 1 N–H and O–H groups in total. The molecule has 0 aromatic heterocycles. The highest BCUT2D eigenvalue weighted by Gasteiger charge is 2.03. The molecule has 0 rings (SSSR count). The van der Waals surface area contributed by atoms with Gasteiger partial charge >= 0.3 is 5.97 Å². The first-order valence-corrected chi connectivity index (χ1v) is 6.23. The van der Waals surface area contributed by atoms with Gasteiger partial charge in [-0.1, -0.05) is 0 Å². The highest BCUT2D eigenvalue weighted by Crippen LogP contribution is 1.93. The molecule has 0 spiro atoms. The van der Waals surface area contributed by atoms with E-state index in [9.17, 15) is 4.79 Å². The zero-order chi connectivity index (χ0) is 12.3. The number of thioether (sulfide) groups is 1. The Labute approximate surface area is 97.2 Å². The van der Waals surface area contributed by atoms with E-state index in [2.05, 4.69) is 21.1 Å². The molecule has 0 fully saturated rings. The fourth-order valence-electron chi connectivity index (χ4n) is 0.555. The maximum absolute atomic E-state index is 9.74. The average Bonchev–Trinajstić information content (AvgIpc) is 2.11. The minimum atomic E-state index is -0.714. The van der Waals surface area contributed by atoms with Crippen molar-refractivity contribution in [2.24, 2.45) is 0 Å². The maximum atomic E-state index is 9.74. The van der Waals surface area contributed by atoms with Crippen molar-refractivity contribution in [2.75, 3.05) is 53.4 Å². The van der Waals surface area contributed by atoms with E-state index >= 15 is 0 Å². The van der Waals surface area contributed by atoms with E-state index in [0.29, 0.717) is 0 Å². The number of carboxylic acids is 1. The van der Waals surface area contributed by atoms with E-state index in [-0.39, 0.29) is 6.42 Å². The number of aliphatic carboxylic acids is 1. The zero-order valence-corrected chi connectivity index (χ0v) is 11.3. The Morgan fingerprint density at radius 2 is 1.93 bits per heavy atom. The van der Waals surface area contributed by atoms with Crippen molar-refractivity contribution in [3.63, 3.8) is 0 Å². The van der Waals surface area contributed by atoms with E-state index in [0.717, 1.165) is 23.4 Å². The number of nitrogens with zero attached hydrogens (tertiary/aromatic N) is 1. The van der Waals surface area contributed by atoms with Gasteiger partial charge in [0.15, 0.2) is 0 Å². The number of carboxylic acid groups (broad SMARTS) is 1. The summed E-state index contributed by atoms with van der Waals surface area (Å²) in [7, 11) is 8.19. The fourth-order valence-corrected chi connectivity index (χ4v) is 0.933. The summed E-state index contributed by atoms with van der Waals surface area (Å²) in [4.78, 5) is 9.74. The first-order valence-electron chi connectivity index (χ1n) is 4.83. The topological polar surface area (TPSA) is 46.5 Å². The molecule has 4 nitrogen and oxygen atoms in total. The standard InChI is InChI=1S/C6H16NO.C4H8O2S/c1-7(2,3)5-6-8-4;1-7-3-2-4(5)6/h5-6H2,1-4H3;2-3H2,1H3,(H,5,6)/q+1;. The fraction of sp³-hybridized carbons (Fsp3) is 0.900. The van der Waals surface area contributed by atoms with Crippen molar-refractivity contribution in [3.8, 4) is 0 Å². The van der Waals surface area contributed by atoms with Crippen molar-refractivity contribution in [2.45, 2.75) is 6.42 Å². The molecule has 5 heteroatoms. The van der Waals surface area contributed by atoms with Crippen LogP contribution in [0, 0.1) is 0 Å². The van der Waals surface area contributed by atoms with Crippen molar-refractivity contribution >= 4 is 17.7 Å². The molecule has 0 radical (unpaired) electrons. The molecule has 0 amide bonds. The summed E-state index contributed by atoms with van der Waals surface area (Å²) < 4.78 is 5.88. The van der Waals surface area contributed by atoms with Gasteiger partial charge in [0.1, 0.15) is 6.54 Å². The molecule has 0 aromatic rings. The third kappa shape index (κ3) is 24.8. The molecule has 0 aliphatic carbocycles. The van der Waals surface area contributed by atoms with Crippen molar-refractivity contribution in [3.05, 3.63) is 0 Å². The summed E-state index contributed by atoms with van der Waals surface area (Å²) in [6.07, 6.45) is 2.17. The molecule has 0 aliphatic heterocycles. The molecule has 0 saturated carbocycles. The number of rotatable bonds is 6. The van der Waals surface area contributed by atoms with Crippen LogP contribution < -0.4 is 0 Å². The van der Waals surface area contributed by atoms with Crippen LogP contribution in [0.3, 0.4) is 0 Å². The molecule has 0 atom stereocenters. The summed E-state index contributed by atoms with van der Waals surface area (Å²) in [5, 5.41) is 8.03. The lowest BCUT2D eigenvalue weighted by Crippen LogP contribution is -2.37. The Balaban J connectivity index is 0. The highest BCUT2D eigenvalue weighted by atomic mass is 32.2. The summed E-state index contributed by atoms with van der Waals surface area (Å²) in [5.41, 5.74) is 0. The van der Waals surface area contributed by atoms with Crippen LogP contribution >= 0.6 is 11.8 Å². The van der Waals surface area contributed by atoms with E-state index < -0.39 is 5.97 Å². The molecule has 0 unspecified atom stereocenters. The Morgan fingerprint density at radius 1 is 1.40 bits per heavy atom. The smallest absolute Gasteiger partial charge is 0.304 e. The molecule has 15 heavy (non-hydrogen) atoms. The lowest BCUT2D eigenvalue weighted by atomic mass is 10.5. The SMILES string of the molecule is COCC[N+](C)(C)C.CSCCC(=O)O. The molecular formula is C10H24NO3S+. The Morgan fingerprint density at radius 3 is 2.07 bits per heavy atom. The summed E-state index contributed by atoms with van der Waals surface area (Å²) in [6, 6.07) is 0. The summed E-state index contributed by atoms with van der Waals surface area (Å²) in [6.45, 7) is 1.93. The van der Waals surface area contributed by atoms with Gasteiger partial charge in [-0.25, -0.2) is 0 Å². The second-order valence-electron chi connectivity index (χ2n) is 4.14. The predicted octanol–water partition coefficient (Wildman–Crippen LogP) is 1.16. The molecule has 0 aliphatic rings. The van der Waals surface area contributed by atoms with Gasteiger partial charge in [0.05, 0.1) is 34.2 Å². The third-order valence-corrected chi connectivity index (χ3v) is 2.10. The molecule has 0 bridgehead atoms. The quantitative estimate of drug-likeness (QED) is 0.706. The van der Waals surface area contributed by atoms with Gasteiger partial charge in [0.25, 0.3) is 0 Å². The number of likely N-dealkylation sites (N-methyl/N-ethyl adjacent to an activating group) is 1. The van der Waals surface area contributed by atoms with Gasteiger partial charge in [0, 0.05) is 12.9 Å². The number of carbonyl (C=O) groups is 1. The van der Waals surface area contributed by atoms with Crippen LogP contribution in [0.25, 0.3) is 0 Å². The Hall–Kier alpha value is -0.260. The van der Waals surface area contributed by atoms with Gasteiger partial charge in [0.2, 0.25) is 0 Å². The molecule has 92 valence electrons. The minimum Gasteiger partial charge on any atom is -0.481 e. The van der Waals surface area contributed by atoms with Crippen LogP contribution in [0.1, 0.15) is 6.42 Å². The van der Waals surface area contributed by atoms with E-state index in [1.807, 2.05) is 6.26 Å². The zero-order valence-electron chi connectivity index (χ0n) is 10.4. The second kappa shape index (κ2) is 10.3. The van der Waals surface area contributed by atoms with E-state index in [4.69, 9.17) is 9.84 Å². The monoisotopic (exact) mass is 238 g/mol. The van der Waals surface area contributed by atoms with Crippen LogP contribution in [0.4, 0.5) is 0 Å². The number of ether oxygens (including phenoxy) is 1. The van der Waals surface area contributed by atoms with Gasteiger partial charge < -0.3 is 14.3 Å². The van der Waals surface area contributed by atoms with Gasteiger partial charge in [-0.05, 0) is 6.26 Å². The lowest BCUT2D eigenvalue weighted by molar-refractivity contribution is -0.870.